The van der Waals surface area contributed by atoms with E-state index in [1.54, 1.807) is 24.3 Å². The molecule has 146 valence electrons. The van der Waals surface area contributed by atoms with Crippen LogP contribution < -0.4 is 10.2 Å². The molecule has 2 saturated carbocycles. The molecule has 1 N–H and O–H groups in total. The summed E-state index contributed by atoms with van der Waals surface area (Å²) in [6, 6.07) is 8.59. The Balaban J connectivity index is 0.000000659. The van der Waals surface area contributed by atoms with Gasteiger partial charge in [0.2, 0.25) is 5.91 Å². The number of urea groups is 1. The zero-order valence-corrected chi connectivity index (χ0v) is 16.4. The highest BCUT2D eigenvalue weighted by Crippen LogP contribution is 2.60. The molecule has 27 heavy (non-hydrogen) atoms. The third kappa shape index (κ3) is 3.57. The average Bonchev–Trinajstić information content (AvgIpc) is 2.92. The molecule has 1 aromatic carbocycles. The number of carbonyl (C=O) groups is 3. The fraction of sp³-hybridized carbons (Fsp3) is 0.571. The van der Waals surface area contributed by atoms with E-state index in [1.807, 2.05) is 6.07 Å². The van der Waals surface area contributed by atoms with Crippen LogP contribution in [0, 0.1) is 11.3 Å². The number of nitrogens with zero attached hydrogens (tertiary/aromatic N) is 2. The van der Waals surface area contributed by atoms with Crippen LogP contribution in [0.15, 0.2) is 30.3 Å². The molecule has 6 heteroatoms. The summed E-state index contributed by atoms with van der Waals surface area (Å²) < 4.78 is 0. The lowest BCUT2D eigenvalue weighted by Crippen LogP contribution is -2.65. The van der Waals surface area contributed by atoms with Crippen molar-refractivity contribution in [3.8, 4) is 0 Å². The van der Waals surface area contributed by atoms with E-state index >= 15 is 0 Å². The van der Waals surface area contributed by atoms with E-state index in [0.717, 1.165) is 23.7 Å². The van der Waals surface area contributed by atoms with Crippen molar-refractivity contribution < 1.29 is 14.4 Å². The quantitative estimate of drug-likeness (QED) is 0.827. The lowest BCUT2D eigenvalue weighted by molar-refractivity contribution is -0.135. The van der Waals surface area contributed by atoms with Crippen LogP contribution in [0.2, 0.25) is 0 Å². The molecule has 3 aliphatic rings. The highest BCUT2D eigenvalue weighted by molar-refractivity contribution is 6.20. The highest BCUT2D eigenvalue weighted by atomic mass is 16.2. The number of fused-ring (bicyclic) bond motifs is 1. The van der Waals surface area contributed by atoms with E-state index in [2.05, 4.69) is 26.1 Å². The van der Waals surface area contributed by atoms with Crippen LogP contribution in [0.1, 0.15) is 46.5 Å². The second-order valence-electron chi connectivity index (χ2n) is 8.01. The number of anilines is 1. The molecule has 3 atom stereocenters. The number of nitrogens with one attached hydrogen (secondary N) is 1. The Morgan fingerprint density at radius 1 is 1.22 bits per heavy atom. The molecule has 4 amide bonds. The van der Waals surface area contributed by atoms with Gasteiger partial charge in [0, 0.05) is 6.04 Å². The topological polar surface area (TPSA) is 69.7 Å². The number of hydrogen-bond acceptors (Lipinski definition) is 3. The summed E-state index contributed by atoms with van der Waals surface area (Å²) in [7, 11) is 0. The second-order valence-corrected chi connectivity index (χ2v) is 8.01. The van der Waals surface area contributed by atoms with Crippen LogP contribution in [0.25, 0.3) is 0 Å². The molecule has 3 fully saturated rings. The van der Waals surface area contributed by atoms with Crippen molar-refractivity contribution >= 4 is 23.5 Å². The van der Waals surface area contributed by atoms with Crippen molar-refractivity contribution in [2.45, 2.75) is 52.5 Å². The smallest absolute Gasteiger partial charge is 0.332 e. The fourth-order valence-electron chi connectivity index (χ4n) is 4.18. The lowest BCUT2D eigenvalue weighted by Gasteiger charge is -2.62. The maximum absolute atomic E-state index is 12.5. The fourth-order valence-corrected chi connectivity index (χ4v) is 4.18. The Morgan fingerprint density at radius 2 is 1.89 bits per heavy atom. The van der Waals surface area contributed by atoms with Crippen LogP contribution in [0.3, 0.4) is 0 Å². The summed E-state index contributed by atoms with van der Waals surface area (Å²) in [5.41, 5.74) is 0.788. The molecule has 3 unspecified atom stereocenters. The Kier molecular flexibility index (Phi) is 5.53. The van der Waals surface area contributed by atoms with Crippen LogP contribution in [-0.2, 0) is 9.59 Å². The highest BCUT2D eigenvalue weighted by Gasteiger charge is 2.57. The van der Waals surface area contributed by atoms with E-state index in [9.17, 15) is 14.4 Å². The van der Waals surface area contributed by atoms with E-state index in [-0.39, 0.29) is 36.4 Å². The molecule has 1 aromatic rings. The minimum Gasteiger partial charge on any atom is -0.351 e. The molecular formula is C21H29N3O3. The van der Waals surface area contributed by atoms with Crippen molar-refractivity contribution in [3.05, 3.63) is 30.3 Å². The minimum atomic E-state index is -0.428. The molecule has 0 radical (unpaired) electrons. The molecule has 1 heterocycles. The Morgan fingerprint density at radius 3 is 2.41 bits per heavy atom. The van der Waals surface area contributed by atoms with Crippen molar-refractivity contribution in [1.29, 1.82) is 0 Å². The van der Waals surface area contributed by atoms with Gasteiger partial charge < -0.3 is 10.2 Å². The molecule has 1 saturated heterocycles. The number of para-hydroxylation sites is 1. The largest absolute Gasteiger partial charge is 0.351 e. The molecule has 1 aliphatic heterocycles. The number of benzene rings is 1. The van der Waals surface area contributed by atoms with Crippen LogP contribution >= 0.6 is 0 Å². The van der Waals surface area contributed by atoms with Gasteiger partial charge in [-0.25, -0.2) is 9.69 Å². The van der Waals surface area contributed by atoms with Gasteiger partial charge in [0.1, 0.15) is 13.1 Å². The van der Waals surface area contributed by atoms with Crippen molar-refractivity contribution in [2.75, 3.05) is 18.0 Å². The van der Waals surface area contributed by atoms with E-state index in [0.29, 0.717) is 5.69 Å². The van der Waals surface area contributed by atoms with Gasteiger partial charge in [0.15, 0.2) is 0 Å². The van der Waals surface area contributed by atoms with Gasteiger partial charge in [-0.15, -0.1) is 0 Å². The number of carbonyl (C=O) groups excluding carboxylic acids is 3. The van der Waals surface area contributed by atoms with Crippen LogP contribution in [0.5, 0.6) is 0 Å². The molecule has 0 bridgehead atoms. The molecule has 0 aromatic heterocycles. The summed E-state index contributed by atoms with van der Waals surface area (Å²) >= 11 is 0. The molecule has 0 spiro atoms. The van der Waals surface area contributed by atoms with Gasteiger partial charge in [-0.2, -0.15) is 0 Å². The molecule has 6 nitrogen and oxygen atoms in total. The SMILES string of the molecule is CC12CCC1CC2NC(=O)CN1CC(=O)N(c2ccccc2)C1=O.CCC. The summed E-state index contributed by atoms with van der Waals surface area (Å²) in [4.78, 5) is 39.3. The normalized spacial score (nSPS) is 28.6. The molecule has 2 aliphatic carbocycles. The van der Waals surface area contributed by atoms with Gasteiger partial charge in [-0.1, -0.05) is 45.4 Å². The minimum absolute atomic E-state index is 0.0499. The first-order valence-electron chi connectivity index (χ1n) is 9.87. The average molecular weight is 371 g/mol. The monoisotopic (exact) mass is 371 g/mol. The van der Waals surface area contributed by atoms with E-state index < -0.39 is 6.03 Å². The Hall–Kier alpha value is -2.37. The summed E-state index contributed by atoms with van der Waals surface area (Å²) in [5, 5.41) is 3.04. The van der Waals surface area contributed by atoms with Gasteiger partial charge in [0.05, 0.1) is 5.69 Å². The molecule has 4 rings (SSSR count). The lowest BCUT2D eigenvalue weighted by atomic mass is 9.46. The summed E-state index contributed by atoms with van der Waals surface area (Å²) in [5.74, 6) is 0.266. The first-order chi connectivity index (χ1) is 12.9. The first kappa shape index (κ1) is 19.4. The van der Waals surface area contributed by atoms with E-state index in [1.165, 1.54) is 17.7 Å². The van der Waals surface area contributed by atoms with E-state index in [4.69, 9.17) is 0 Å². The van der Waals surface area contributed by atoms with Crippen LogP contribution in [0.4, 0.5) is 10.5 Å². The Labute approximate surface area is 160 Å². The number of imide groups is 1. The van der Waals surface area contributed by atoms with Gasteiger partial charge in [-0.3, -0.25) is 9.59 Å². The maximum Gasteiger partial charge on any atom is 0.332 e. The second kappa shape index (κ2) is 7.71. The number of hydrogen-bond donors (Lipinski definition) is 1. The summed E-state index contributed by atoms with van der Waals surface area (Å²) in [6.45, 7) is 6.36. The van der Waals surface area contributed by atoms with Gasteiger partial charge in [-0.05, 0) is 42.7 Å². The number of rotatable bonds is 4. The zero-order valence-electron chi connectivity index (χ0n) is 16.4. The third-order valence-corrected chi connectivity index (χ3v) is 6.00. The first-order valence-corrected chi connectivity index (χ1v) is 9.87. The zero-order chi connectivity index (χ0) is 19.6. The Bertz CT molecular complexity index is 721. The van der Waals surface area contributed by atoms with Crippen LogP contribution in [-0.4, -0.2) is 41.9 Å². The van der Waals surface area contributed by atoms with Crippen molar-refractivity contribution in [3.63, 3.8) is 0 Å². The van der Waals surface area contributed by atoms with Gasteiger partial charge in [0.25, 0.3) is 5.91 Å². The predicted molar refractivity (Wildman–Crippen MR) is 104 cm³/mol. The van der Waals surface area contributed by atoms with Crippen molar-refractivity contribution in [2.24, 2.45) is 11.3 Å². The molecular weight excluding hydrogens is 342 g/mol. The van der Waals surface area contributed by atoms with Crippen molar-refractivity contribution in [1.82, 2.24) is 10.2 Å². The summed E-state index contributed by atoms with van der Waals surface area (Å²) in [6.07, 6.45) is 4.70. The number of amides is 4. The third-order valence-electron chi connectivity index (χ3n) is 6.00. The van der Waals surface area contributed by atoms with Gasteiger partial charge >= 0.3 is 6.03 Å². The maximum atomic E-state index is 12.5. The standard InChI is InChI=1S/C18H21N3O3.C3H8/c1-18-8-7-12(18)9-14(18)19-15(22)10-20-11-16(23)21(17(20)24)13-5-3-2-4-6-13;1-3-2/h2-6,12,14H,7-11H2,1H3,(H,19,22);3H2,1-2H3. The predicted octanol–water partition coefficient (Wildman–Crippen LogP) is 3.18.